The maximum atomic E-state index is 12.7. The number of sulfonamides is 1. The van der Waals surface area contributed by atoms with Crippen LogP contribution in [-0.4, -0.2) is 35.3 Å². The minimum Gasteiger partial charge on any atom is -0.392 e. The highest BCUT2D eigenvalue weighted by Gasteiger charge is 2.32. The van der Waals surface area contributed by atoms with Gasteiger partial charge in [0.2, 0.25) is 10.0 Å². The maximum absolute atomic E-state index is 12.7. The van der Waals surface area contributed by atoms with Crippen molar-refractivity contribution in [1.82, 2.24) is 14.7 Å². The van der Waals surface area contributed by atoms with E-state index in [1.165, 1.54) is 0 Å². The molecule has 4 aromatic carbocycles. The van der Waals surface area contributed by atoms with Crippen LogP contribution in [0.25, 0.3) is 11.1 Å². The second-order valence-electron chi connectivity index (χ2n) is 10.7. The molecule has 0 amide bonds. The first-order valence-electron chi connectivity index (χ1n) is 14.6. The zero-order valence-electron chi connectivity index (χ0n) is 24.4. The third-order valence-electron chi connectivity index (χ3n) is 7.52. The van der Waals surface area contributed by atoms with E-state index in [0.29, 0.717) is 17.3 Å². The van der Waals surface area contributed by atoms with Crippen molar-refractivity contribution in [2.45, 2.75) is 48.1 Å². The molecule has 0 radical (unpaired) electrons. The lowest BCUT2D eigenvalue weighted by atomic mass is 9.99. The van der Waals surface area contributed by atoms with Gasteiger partial charge in [-0.3, -0.25) is 0 Å². The van der Waals surface area contributed by atoms with Gasteiger partial charge in [0.1, 0.15) is 0 Å². The number of aliphatic hydroxyl groups excluding tert-OH is 1. The number of hydrogen-bond donors (Lipinski definition) is 2. The van der Waals surface area contributed by atoms with Crippen LogP contribution in [0.1, 0.15) is 41.1 Å². The van der Waals surface area contributed by atoms with Crippen LogP contribution in [0.5, 0.6) is 0 Å². The van der Waals surface area contributed by atoms with Gasteiger partial charge in [0.25, 0.3) is 0 Å². The third-order valence-corrected chi connectivity index (χ3v) is 9.94. The first kappa shape index (κ1) is 31.1. The number of benzene rings is 4. The molecular weight excluding hydrogens is 607 g/mol. The van der Waals surface area contributed by atoms with E-state index >= 15 is 0 Å². The molecule has 230 valence electrons. The molecule has 0 spiro atoms. The lowest BCUT2D eigenvalue weighted by Gasteiger charge is -2.36. The van der Waals surface area contributed by atoms with Gasteiger partial charge in [-0.1, -0.05) is 96.7 Å². The van der Waals surface area contributed by atoms with Crippen LogP contribution in [0.2, 0.25) is 0 Å². The summed E-state index contributed by atoms with van der Waals surface area (Å²) in [6.45, 7) is 0.174. The number of aromatic nitrogens is 2. The fourth-order valence-electron chi connectivity index (χ4n) is 5.11. The zero-order valence-corrected chi connectivity index (χ0v) is 26.0. The highest BCUT2D eigenvalue weighted by Crippen LogP contribution is 2.39. The van der Waals surface area contributed by atoms with Gasteiger partial charge in [-0.15, -0.1) is 0 Å². The van der Waals surface area contributed by atoms with Gasteiger partial charge in [-0.2, -0.15) is 0 Å². The van der Waals surface area contributed by atoms with Crippen LogP contribution in [0.3, 0.4) is 0 Å². The summed E-state index contributed by atoms with van der Waals surface area (Å²) in [4.78, 5) is 8.89. The summed E-state index contributed by atoms with van der Waals surface area (Å²) in [7, 11) is -3.60. The van der Waals surface area contributed by atoms with Crippen molar-refractivity contribution in [3.8, 4) is 11.1 Å². The molecule has 2 heterocycles. The van der Waals surface area contributed by atoms with Gasteiger partial charge in [0, 0.05) is 36.7 Å². The predicted octanol–water partition coefficient (Wildman–Crippen LogP) is 6.45. The number of nitrogens with zero attached hydrogens (tertiary/aromatic N) is 2. The predicted molar refractivity (Wildman–Crippen MR) is 174 cm³/mol. The number of rotatable bonds is 11. The molecule has 1 saturated heterocycles. The Morgan fingerprint density at radius 2 is 1.51 bits per heavy atom. The smallest absolute Gasteiger partial charge is 0.240 e. The Bertz CT molecular complexity index is 1790. The summed E-state index contributed by atoms with van der Waals surface area (Å²) in [5.41, 5.74) is 5.60. The first-order valence-corrected chi connectivity index (χ1v) is 17.1. The van der Waals surface area contributed by atoms with Gasteiger partial charge in [-0.05, 0) is 52.1 Å². The summed E-state index contributed by atoms with van der Waals surface area (Å²) in [5, 5.41) is 10.2. The summed E-state index contributed by atoms with van der Waals surface area (Å²) < 4.78 is 41.0. The van der Waals surface area contributed by atoms with Crippen molar-refractivity contribution >= 4 is 21.8 Å². The van der Waals surface area contributed by atoms with E-state index in [0.717, 1.165) is 33.4 Å². The summed E-state index contributed by atoms with van der Waals surface area (Å²) >= 11 is 1.55. The minimum absolute atomic E-state index is 0.00750. The van der Waals surface area contributed by atoms with E-state index in [-0.39, 0.29) is 30.3 Å². The molecule has 5 aromatic rings. The molecule has 10 heteroatoms. The van der Waals surface area contributed by atoms with Crippen molar-refractivity contribution in [2.75, 3.05) is 5.75 Å². The summed E-state index contributed by atoms with van der Waals surface area (Å²) in [6, 6.07) is 33.9. The van der Waals surface area contributed by atoms with Crippen LogP contribution in [0, 0.1) is 0 Å². The highest BCUT2D eigenvalue weighted by atomic mass is 32.2. The van der Waals surface area contributed by atoms with E-state index in [2.05, 4.69) is 14.7 Å². The molecule has 1 aromatic heterocycles. The van der Waals surface area contributed by atoms with Gasteiger partial charge < -0.3 is 14.6 Å². The highest BCUT2D eigenvalue weighted by molar-refractivity contribution is 7.99. The Morgan fingerprint density at radius 1 is 0.778 bits per heavy atom. The van der Waals surface area contributed by atoms with Crippen molar-refractivity contribution in [2.24, 2.45) is 0 Å². The lowest BCUT2D eigenvalue weighted by Crippen LogP contribution is -2.31. The topological polar surface area (TPSA) is 111 Å². The third kappa shape index (κ3) is 8.04. The molecule has 45 heavy (non-hydrogen) atoms. The van der Waals surface area contributed by atoms with E-state index in [1.807, 2.05) is 72.8 Å². The van der Waals surface area contributed by atoms with Crippen LogP contribution >= 0.6 is 11.8 Å². The Labute approximate surface area is 267 Å². The second kappa shape index (κ2) is 14.5. The molecule has 0 unspecified atom stereocenters. The monoisotopic (exact) mass is 639 g/mol. The largest absolute Gasteiger partial charge is 0.392 e. The molecule has 0 bridgehead atoms. The SMILES string of the molecule is O=S(=O)(NCc1cccc(-c2ccc([C@@H]3O[C@H](CSc4ncccn4)C[C@H](c4ccc(CO)cc4)O3)cc2)c1)c1ccccc1. The molecule has 1 fully saturated rings. The Morgan fingerprint density at radius 3 is 2.24 bits per heavy atom. The second-order valence-corrected chi connectivity index (χ2v) is 13.4. The number of hydrogen-bond acceptors (Lipinski definition) is 8. The van der Waals surface area contributed by atoms with Crippen molar-refractivity contribution < 1.29 is 23.0 Å². The van der Waals surface area contributed by atoms with E-state index < -0.39 is 16.3 Å². The van der Waals surface area contributed by atoms with Crippen molar-refractivity contribution in [3.05, 3.63) is 144 Å². The minimum atomic E-state index is -3.60. The van der Waals surface area contributed by atoms with Crippen LogP contribution in [-0.2, 0) is 32.6 Å². The van der Waals surface area contributed by atoms with Crippen LogP contribution in [0.15, 0.2) is 132 Å². The average molecular weight is 640 g/mol. The maximum Gasteiger partial charge on any atom is 0.240 e. The fraction of sp³-hybridized carbons (Fsp3) is 0.200. The average Bonchev–Trinajstić information content (AvgIpc) is 3.11. The quantitative estimate of drug-likeness (QED) is 0.125. The molecule has 8 nitrogen and oxygen atoms in total. The lowest BCUT2D eigenvalue weighted by molar-refractivity contribution is -0.245. The Hall–Kier alpha value is -3.90. The van der Waals surface area contributed by atoms with Crippen molar-refractivity contribution in [3.63, 3.8) is 0 Å². The fourth-order valence-corrected chi connectivity index (χ4v) is 6.96. The normalized spacial score (nSPS) is 18.5. The number of nitrogens with one attached hydrogen (secondary N) is 1. The molecule has 1 aliphatic rings. The molecule has 6 rings (SSSR count). The molecule has 2 N–H and O–H groups in total. The molecule has 3 atom stereocenters. The van der Waals surface area contributed by atoms with Gasteiger partial charge in [0.05, 0.1) is 23.7 Å². The van der Waals surface area contributed by atoms with Crippen molar-refractivity contribution in [1.29, 1.82) is 0 Å². The first-order chi connectivity index (χ1) is 22.0. The Balaban J connectivity index is 1.16. The van der Waals surface area contributed by atoms with E-state index in [9.17, 15) is 13.5 Å². The standard InChI is InChI=1S/C35H33N3O5S2/c39-23-25-10-12-28(13-11-25)33-21-31(24-44-35-36-18-5-19-37-35)42-34(43-33)29-16-14-27(15-17-29)30-7-4-6-26(20-30)22-38-45(40,41)32-8-2-1-3-9-32/h1-20,31,33-34,38-39H,21-24H2/t31-,33+,34+/m0/s1. The molecule has 0 saturated carbocycles. The van der Waals surface area contributed by atoms with Gasteiger partial charge in [0.15, 0.2) is 11.4 Å². The van der Waals surface area contributed by atoms with E-state index in [1.54, 1.807) is 60.6 Å². The number of aliphatic hydroxyl groups is 1. The zero-order chi connectivity index (χ0) is 31.1. The molecular formula is C35H33N3O5S2. The van der Waals surface area contributed by atoms with Gasteiger partial charge >= 0.3 is 0 Å². The number of ether oxygens (including phenoxy) is 2. The molecule has 1 aliphatic heterocycles. The van der Waals surface area contributed by atoms with Gasteiger partial charge in [-0.25, -0.2) is 23.1 Å². The van der Waals surface area contributed by atoms with E-state index in [4.69, 9.17) is 9.47 Å². The Kier molecular flexibility index (Phi) is 10.00. The van der Waals surface area contributed by atoms with Crippen LogP contribution < -0.4 is 4.72 Å². The van der Waals surface area contributed by atoms with Crippen LogP contribution in [0.4, 0.5) is 0 Å². The summed E-state index contributed by atoms with van der Waals surface area (Å²) in [6.07, 6.45) is 3.28. The molecule has 0 aliphatic carbocycles. The number of thioether (sulfide) groups is 1. The summed E-state index contributed by atoms with van der Waals surface area (Å²) in [5.74, 6) is 0.675.